The zero-order valence-corrected chi connectivity index (χ0v) is 7.73. The van der Waals surface area contributed by atoms with Gasteiger partial charge in [-0.2, -0.15) is 4.98 Å². The maximum Gasteiger partial charge on any atom is 0.266 e. The first-order valence-electron chi connectivity index (χ1n) is 4.61. The Hall–Kier alpha value is -1.10. The first-order valence-corrected chi connectivity index (χ1v) is 4.61. The summed E-state index contributed by atoms with van der Waals surface area (Å²) in [6, 6.07) is -0.177. The van der Waals surface area contributed by atoms with E-state index < -0.39 is 0 Å². The lowest BCUT2D eigenvalue weighted by Gasteiger charge is -2.09. The third-order valence-electron chi connectivity index (χ3n) is 2.21. The highest BCUT2D eigenvalue weighted by molar-refractivity contribution is 5.29. The quantitative estimate of drug-likeness (QED) is 0.728. The Labute approximate surface area is 76.9 Å². The molecule has 1 aliphatic rings. The maximum absolute atomic E-state index is 5.61. The van der Waals surface area contributed by atoms with Crippen LogP contribution in [-0.2, 0) is 0 Å². The van der Waals surface area contributed by atoms with Crippen molar-refractivity contribution in [2.45, 2.75) is 25.8 Å². The van der Waals surface area contributed by atoms with Gasteiger partial charge in [-0.1, -0.05) is 0 Å². The minimum absolute atomic E-state index is 0.177. The Morgan fingerprint density at radius 3 is 2.69 bits per heavy atom. The van der Waals surface area contributed by atoms with Crippen LogP contribution >= 0.6 is 0 Å². The van der Waals surface area contributed by atoms with Crippen LogP contribution in [0, 0.1) is 0 Å². The summed E-state index contributed by atoms with van der Waals surface area (Å²) in [5.74, 6) is 1.20. The standard InChI is InChI=1S/C8H14N4O/c1-6(9)7-10-8(11-13-7)12-4-2-3-5-12/h6H,2-5,9H2,1H3/t6-/m0/s1. The summed E-state index contributed by atoms with van der Waals surface area (Å²) in [5.41, 5.74) is 5.61. The number of hydrogen-bond acceptors (Lipinski definition) is 5. The molecule has 5 nitrogen and oxygen atoms in total. The smallest absolute Gasteiger partial charge is 0.266 e. The van der Waals surface area contributed by atoms with E-state index >= 15 is 0 Å². The van der Waals surface area contributed by atoms with Crippen LogP contribution in [0.4, 0.5) is 5.95 Å². The van der Waals surface area contributed by atoms with Crippen molar-refractivity contribution in [1.82, 2.24) is 10.1 Å². The van der Waals surface area contributed by atoms with Crippen LogP contribution in [0.2, 0.25) is 0 Å². The van der Waals surface area contributed by atoms with Crippen LogP contribution in [0.25, 0.3) is 0 Å². The molecule has 13 heavy (non-hydrogen) atoms. The van der Waals surface area contributed by atoms with Gasteiger partial charge in [0.1, 0.15) is 0 Å². The molecule has 1 aromatic rings. The Bertz CT molecular complexity index is 277. The van der Waals surface area contributed by atoms with Crippen LogP contribution in [-0.4, -0.2) is 23.2 Å². The van der Waals surface area contributed by atoms with E-state index in [1.165, 1.54) is 12.8 Å². The lowest BCUT2D eigenvalue weighted by molar-refractivity contribution is 0.361. The van der Waals surface area contributed by atoms with E-state index in [2.05, 4.69) is 15.0 Å². The molecule has 1 aromatic heterocycles. The van der Waals surface area contributed by atoms with Gasteiger partial charge in [-0.3, -0.25) is 0 Å². The zero-order chi connectivity index (χ0) is 9.26. The van der Waals surface area contributed by atoms with Crippen LogP contribution in [0.15, 0.2) is 4.52 Å². The minimum atomic E-state index is -0.177. The second kappa shape index (κ2) is 3.33. The van der Waals surface area contributed by atoms with E-state index in [0.717, 1.165) is 13.1 Å². The summed E-state index contributed by atoms with van der Waals surface area (Å²) in [7, 11) is 0. The second-order valence-corrected chi connectivity index (χ2v) is 3.42. The molecule has 0 spiro atoms. The van der Waals surface area contributed by atoms with Crippen LogP contribution < -0.4 is 10.6 Å². The number of nitrogens with two attached hydrogens (primary N) is 1. The average Bonchev–Trinajstić information content (AvgIpc) is 2.75. The predicted molar refractivity (Wildman–Crippen MR) is 48.3 cm³/mol. The van der Waals surface area contributed by atoms with Gasteiger partial charge in [0.05, 0.1) is 6.04 Å². The molecule has 0 aliphatic carbocycles. The topological polar surface area (TPSA) is 68.2 Å². The van der Waals surface area contributed by atoms with E-state index in [1.807, 2.05) is 6.92 Å². The number of nitrogens with zero attached hydrogens (tertiary/aromatic N) is 3. The van der Waals surface area contributed by atoms with Crippen molar-refractivity contribution in [3.63, 3.8) is 0 Å². The average molecular weight is 182 g/mol. The monoisotopic (exact) mass is 182 g/mol. The molecule has 1 saturated heterocycles. The van der Waals surface area contributed by atoms with Crippen molar-refractivity contribution >= 4 is 5.95 Å². The fourth-order valence-electron chi connectivity index (χ4n) is 1.46. The van der Waals surface area contributed by atoms with Crippen molar-refractivity contribution < 1.29 is 4.52 Å². The van der Waals surface area contributed by atoms with E-state index in [1.54, 1.807) is 0 Å². The van der Waals surface area contributed by atoms with Gasteiger partial charge in [-0.15, -0.1) is 0 Å². The number of rotatable bonds is 2. The van der Waals surface area contributed by atoms with Crippen LogP contribution in [0.5, 0.6) is 0 Å². The largest absolute Gasteiger partial charge is 0.338 e. The summed E-state index contributed by atoms with van der Waals surface area (Å²) in [6.07, 6.45) is 2.42. The predicted octanol–water partition coefficient (Wildman–Crippen LogP) is 0.690. The molecule has 2 rings (SSSR count). The zero-order valence-electron chi connectivity index (χ0n) is 7.73. The first-order chi connectivity index (χ1) is 6.27. The van der Waals surface area contributed by atoms with E-state index in [-0.39, 0.29) is 6.04 Å². The van der Waals surface area contributed by atoms with Crippen LogP contribution in [0.1, 0.15) is 31.7 Å². The van der Waals surface area contributed by atoms with Gasteiger partial charge < -0.3 is 15.2 Å². The fourth-order valence-corrected chi connectivity index (χ4v) is 1.46. The molecule has 1 aliphatic heterocycles. The summed E-state index contributed by atoms with van der Waals surface area (Å²) in [4.78, 5) is 6.34. The van der Waals surface area contributed by atoms with E-state index in [0.29, 0.717) is 11.8 Å². The molecule has 0 bridgehead atoms. The molecule has 0 unspecified atom stereocenters. The van der Waals surface area contributed by atoms with Crippen LogP contribution in [0.3, 0.4) is 0 Å². The summed E-state index contributed by atoms with van der Waals surface area (Å²) in [5, 5.41) is 3.88. The normalized spacial score (nSPS) is 19.4. The van der Waals surface area contributed by atoms with Crippen molar-refractivity contribution in [3.8, 4) is 0 Å². The number of aromatic nitrogens is 2. The summed E-state index contributed by atoms with van der Waals surface area (Å²) in [6.45, 7) is 3.89. The molecular weight excluding hydrogens is 168 g/mol. The molecule has 1 atom stereocenters. The van der Waals surface area contributed by atoms with Crippen molar-refractivity contribution in [2.75, 3.05) is 18.0 Å². The molecule has 1 fully saturated rings. The molecule has 0 aromatic carbocycles. The van der Waals surface area contributed by atoms with Gasteiger partial charge in [0.15, 0.2) is 0 Å². The van der Waals surface area contributed by atoms with E-state index in [9.17, 15) is 0 Å². The minimum Gasteiger partial charge on any atom is -0.338 e. The van der Waals surface area contributed by atoms with Crippen molar-refractivity contribution in [1.29, 1.82) is 0 Å². The van der Waals surface area contributed by atoms with E-state index in [4.69, 9.17) is 10.3 Å². The highest BCUT2D eigenvalue weighted by atomic mass is 16.5. The lowest BCUT2D eigenvalue weighted by Crippen LogP contribution is -2.19. The Kier molecular flexibility index (Phi) is 2.18. The highest BCUT2D eigenvalue weighted by Gasteiger charge is 2.18. The third kappa shape index (κ3) is 1.65. The van der Waals surface area contributed by atoms with Gasteiger partial charge in [-0.05, 0) is 24.9 Å². The Morgan fingerprint density at radius 2 is 2.15 bits per heavy atom. The van der Waals surface area contributed by atoms with Crippen molar-refractivity contribution in [2.24, 2.45) is 5.73 Å². The van der Waals surface area contributed by atoms with Gasteiger partial charge in [-0.25, -0.2) is 0 Å². The Balaban J connectivity index is 2.12. The molecular formula is C8H14N4O. The maximum atomic E-state index is 5.61. The van der Waals surface area contributed by atoms with Gasteiger partial charge in [0.2, 0.25) is 5.89 Å². The molecule has 72 valence electrons. The molecule has 0 amide bonds. The highest BCUT2D eigenvalue weighted by Crippen LogP contribution is 2.17. The molecule has 2 N–H and O–H groups in total. The van der Waals surface area contributed by atoms with Gasteiger partial charge in [0, 0.05) is 13.1 Å². The first kappa shape index (κ1) is 8.50. The number of anilines is 1. The fraction of sp³-hybridized carbons (Fsp3) is 0.750. The SMILES string of the molecule is C[C@H](N)c1nc(N2CCCC2)no1. The van der Waals surface area contributed by atoms with Gasteiger partial charge in [0.25, 0.3) is 5.95 Å². The summed E-state index contributed by atoms with van der Waals surface area (Å²) < 4.78 is 5.01. The third-order valence-corrected chi connectivity index (χ3v) is 2.21. The molecule has 2 heterocycles. The molecule has 0 saturated carbocycles. The van der Waals surface area contributed by atoms with Gasteiger partial charge >= 0.3 is 0 Å². The van der Waals surface area contributed by atoms with Crippen molar-refractivity contribution in [3.05, 3.63) is 5.89 Å². The second-order valence-electron chi connectivity index (χ2n) is 3.42. The number of hydrogen-bond donors (Lipinski definition) is 1. The molecule has 0 radical (unpaired) electrons. The summed E-state index contributed by atoms with van der Waals surface area (Å²) >= 11 is 0. The lowest BCUT2D eigenvalue weighted by atomic mass is 10.4. The molecule has 5 heteroatoms. The Morgan fingerprint density at radius 1 is 1.46 bits per heavy atom.